The van der Waals surface area contributed by atoms with Gasteiger partial charge in [-0.1, -0.05) is 42.8 Å². The van der Waals surface area contributed by atoms with Gasteiger partial charge in [0.15, 0.2) is 0 Å². The van der Waals surface area contributed by atoms with Crippen LogP contribution in [0.3, 0.4) is 0 Å². The number of rotatable bonds is 10. The molecule has 1 atom stereocenters. The average Bonchev–Trinajstić information content (AvgIpc) is 2.87. The van der Waals surface area contributed by atoms with Crippen LogP contribution in [-0.2, 0) is 14.8 Å². The maximum atomic E-state index is 13.8. The van der Waals surface area contributed by atoms with Gasteiger partial charge in [-0.05, 0) is 68.1 Å². The van der Waals surface area contributed by atoms with Crippen LogP contribution in [0.2, 0.25) is 0 Å². The highest BCUT2D eigenvalue weighted by atomic mass is 32.2. The number of benzene rings is 3. The van der Waals surface area contributed by atoms with Crippen molar-refractivity contribution in [2.24, 2.45) is 0 Å². The van der Waals surface area contributed by atoms with E-state index >= 15 is 0 Å². The summed E-state index contributed by atoms with van der Waals surface area (Å²) in [7, 11) is -1.16. The van der Waals surface area contributed by atoms with Crippen LogP contribution in [0.25, 0.3) is 0 Å². The Morgan fingerprint density at radius 2 is 1.61 bits per heavy atom. The van der Waals surface area contributed by atoms with Gasteiger partial charge in [0, 0.05) is 6.07 Å². The maximum absolute atomic E-state index is 13.8. The van der Waals surface area contributed by atoms with Crippen molar-refractivity contribution < 1.29 is 22.7 Å². The number of methoxy groups -OCH3 is 2. The molecule has 0 heterocycles. The second-order valence-electron chi connectivity index (χ2n) is 8.73. The van der Waals surface area contributed by atoms with Crippen molar-refractivity contribution in [2.75, 3.05) is 25.1 Å². The zero-order valence-electron chi connectivity index (χ0n) is 21.7. The van der Waals surface area contributed by atoms with E-state index in [0.29, 0.717) is 17.9 Å². The Bertz CT molecular complexity index is 1320. The molecule has 0 aromatic heterocycles. The lowest BCUT2D eigenvalue weighted by Crippen LogP contribution is -2.42. The highest BCUT2D eigenvalue weighted by Crippen LogP contribution is 2.35. The minimum Gasteiger partial charge on any atom is -0.497 e. The van der Waals surface area contributed by atoms with Gasteiger partial charge in [-0.15, -0.1) is 0 Å². The van der Waals surface area contributed by atoms with Gasteiger partial charge in [-0.25, -0.2) is 8.42 Å². The average molecular weight is 511 g/mol. The van der Waals surface area contributed by atoms with Gasteiger partial charge in [0.2, 0.25) is 5.91 Å². The summed E-state index contributed by atoms with van der Waals surface area (Å²) >= 11 is 0. The molecule has 0 aliphatic heterocycles. The van der Waals surface area contributed by atoms with E-state index < -0.39 is 22.5 Å². The molecule has 1 N–H and O–H groups in total. The van der Waals surface area contributed by atoms with Crippen LogP contribution in [0.1, 0.15) is 41.6 Å². The molecule has 0 spiro atoms. The second-order valence-corrected chi connectivity index (χ2v) is 10.6. The van der Waals surface area contributed by atoms with Gasteiger partial charge in [0.25, 0.3) is 10.0 Å². The lowest BCUT2D eigenvalue weighted by molar-refractivity contribution is -0.120. The van der Waals surface area contributed by atoms with Crippen molar-refractivity contribution in [1.29, 1.82) is 0 Å². The molecule has 3 aromatic carbocycles. The van der Waals surface area contributed by atoms with Gasteiger partial charge in [0.05, 0.1) is 30.8 Å². The van der Waals surface area contributed by atoms with Crippen molar-refractivity contribution in [3.8, 4) is 11.5 Å². The summed E-state index contributed by atoms with van der Waals surface area (Å²) < 4.78 is 39.5. The molecule has 0 aliphatic rings. The van der Waals surface area contributed by atoms with Gasteiger partial charge < -0.3 is 14.8 Å². The largest absolute Gasteiger partial charge is 0.497 e. The molecule has 3 rings (SSSR count). The molecular weight excluding hydrogens is 476 g/mol. The molecule has 0 radical (unpaired) electrons. The van der Waals surface area contributed by atoms with E-state index in [1.807, 2.05) is 39.8 Å². The third-order valence-electron chi connectivity index (χ3n) is 6.23. The number of nitrogens with one attached hydrogen (secondary N) is 1. The van der Waals surface area contributed by atoms with Crippen molar-refractivity contribution >= 4 is 21.6 Å². The van der Waals surface area contributed by atoms with Crippen molar-refractivity contribution in [1.82, 2.24) is 5.32 Å². The molecule has 0 bridgehead atoms. The van der Waals surface area contributed by atoms with Crippen molar-refractivity contribution in [3.63, 3.8) is 0 Å². The van der Waals surface area contributed by atoms with Crippen molar-refractivity contribution in [2.45, 2.75) is 45.1 Å². The first kappa shape index (κ1) is 27.1. The van der Waals surface area contributed by atoms with Crippen LogP contribution in [0, 0.1) is 20.8 Å². The number of sulfonamides is 1. The number of carbonyl (C=O) groups is 1. The molecule has 7 nitrogen and oxygen atoms in total. The molecule has 0 fully saturated rings. The van der Waals surface area contributed by atoms with Gasteiger partial charge in [-0.3, -0.25) is 9.10 Å². The Balaban J connectivity index is 2.01. The van der Waals surface area contributed by atoms with E-state index in [4.69, 9.17) is 9.47 Å². The number of anilines is 1. The molecule has 1 amide bonds. The van der Waals surface area contributed by atoms with Crippen LogP contribution in [0.15, 0.2) is 65.6 Å². The van der Waals surface area contributed by atoms with E-state index in [9.17, 15) is 13.2 Å². The summed E-state index contributed by atoms with van der Waals surface area (Å²) in [6.45, 7) is 7.49. The summed E-state index contributed by atoms with van der Waals surface area (Å²) in [5.41, 5.74) is 4.41. The summed E-state index contributed by atoms with van der Waals surface area (Å²) in [4.78, 5) is 13.4. The monoisotopic (exact) mass is 510 g/mol. The van der Waals surface area contributed by atoms with E-state index in [1.165, 1.54) is 31.9 Å². The second kappa shape index (κ2) is 11.5. The molecule has 0 saturated carbocycles. The first-order chi connectivity index (χ1) is 17.1. The standard InChI is InChI=1S/C28H34N2O5S/c1-7-25(22-11-10-20(3)21(4)16-22)29-28(31)18-30(26-17-23(34-5)12-15-27(26)35-6)36(32,33)24-13-8-19(2)9-14-24/h8-17,25H,7,18H2,1-6H3,(H,29,31). The smallest absolute Gasteiger partial charge is 0.264 e. The summed E-state index contributed by atoms with van der Waals surface area (Å²) in [6, 6.07) is 17.2. The fraction of sp³-hybridized carbons (Fsp3) is 0.321. The number of ether oxygens (including phenoxy) is 2. The lowest BCUT2D eigenvalue weighted by Gasteiger charge is -2.27. The molecule has 0 saturated heterocycles. The first-order valence-corrected chi connectivity index (χ1v) is 13.2. The van der Waals surface area contributed by atoms with Gasteiger partial charge >= 0.3 is 0 Å². The number of amides is 1. The van der Waals surface area contributed by atoms with Crippen LogP contribution in [0.5, 0.6) is 11.5 Å². The molecule has 3 aromatic rings. The number of hydrogen-bond acceptors (Lipinski definition) is 5. The third-order valence-corrected chi connectivity index (χ3v) is 8.00. The molecule has 8 heteroatoms. The van der Waals surface area contributed by atoms with Crippen LogP contribution in [-0.4, -0.2) is 35.1 Å². The normalized spacial score (nSPS) is 12.1. The third kappa shape index (κ3) is 5.99. The van der Waals surface area contributed by atoms with E-state index in [2.05, 4.69) is 11.4 Å². The van der Waals surface area contributed by atoms with Crippen LogP contribution < -0.4 is 19.1 Å². The van der Waals surface area contributed by atoms with Crippen LogP contribution >= 0.6 is 0 Å². The number of aryl methyl sites for hydroxylation is 3. The van der Waals surface area contributed by atoms with Crippen LogP contribution in [0.4, 0.5) is 5.69 Å². The minimum absolute atomic E-state index is 0.0759. The molecule has 0 aliphatic carbocycles. The molecule has 36 heavy (non-hydrogen) atoms. The summed E-state index contributed by atoms with van der Waals surface area (Å²) in [5.74, 6) is 0.318. The van der Waals surface area contributed by atoms with Gasteiger partial charge in [-0.2, -0.15) is 0 Å². The lowest BCUT2D eigenvalue weighted by atomic mass is 9.99. The highest BCUT2D eigenvalue weighted by molar-refractivity contribution is 7.92. The van der Waals surface area contributed by atoms with Crippen molar-refractivity contribution in [3.05, 3.63) is 82.9 Å². The summed E-state index contributed by atoms with van der Waals surface area (Å²) in [6.07, 6.45) is 0.654. The summed E-state index contributed by atoms with van der Waals surface area (Å²) in [5, 5.41) is 3.01. The zero-order chi connectivity index (χ0) is 26.5. The Morgan fingerprint density at radius 1 is 0.917 bits per heavy atom. The highest BCUT2D eigenvalue weighted by Gasteiger charge is 2.30. The predicted molar refractivity (Wildman–Crippen MR) is 142 cm³/mol. The van der Waals surface area contributed by atoms with Gasteiger partial charge in [0.1, 0.15) is 18.0 Å². The zero-order valence-corrected chi connectivity index (χ0v) is 22.5. The predicted octanol–water partition coefficient (Wildman–Crippen LogP) is 5.09. The SMILES string of the molecule is CCC(NC(=O)CN(c1cc(OC)ccc1OC)S(=O)(=O)c1ccc(C)cc1)c1ccc(C)c(C)c1. The Hall–Kier alpha value is -3.52. The number of carbonyl (C=O) groups excluding carboxylic acids is 1. The molecular formula is C28H34N2O5S. The minimum atomic E-state index is -4.11. The fourth-order valence-electron chi connectivity index (χ4n) is 3.90. The van der Waals surface area contributed by atoms with E-state index in [0.717, 1.165) is 21.0 Å². The molecule has 192 valence electrons. The number of hydrogen-bond donors (Lipinski definition) is 1. The Labute approximate surface area is 214 Å². The molecule has 1 unspecified atom stereocenters. The Kier molecular flexibility index (Phi) is 8.63. The van der Waals surface area contributed by atoms with E-state index in [-0.39, 0.29) is 16.6 Å². The Morgan fingerprint density at radius 3 is 2.19 bits per heavy atom. The first-order valence-electron chi connectivity index (χ1n) is 11.8. The van der Waals surface area contributed by atoms with E-state index in [1.54, 1.807) is 30.3 Å². The number of nitrogens with zero attached hydrogens (tertiary/aromatic N) is 1. The quantitative estimate of drug-likeness (QED) is 0.411. The fourth-order valence-corrected chi connectivity index (χ4v) is 5.32. The maximum Gasteiger partial charge on any atom is 0.264 e. The topological polar surface area (TPSA) is 84.9 Å².